The molecule has 0 radical (unpaired) electrons. The van der Waals surface area contributed by atoms with Gasteiger partial charge >= 0.3 is 0 Å². The van der Waals surface area contributed by atoms with E-state index in [4.69, 9.17) is 0 Å². The molecule has 4 nitrogen and oxygen atoms in total. The maximum Gasteiger partial charge on any atom is 0.253 e. The van der Waals surface area contributed by atoms with Gasteiger partial charge in [0.15, 0.2) is 0 Å². The molecule has 0 aliphatic carbocycles. The highest BCUT2D eigenvalue weighted by Gasteiger charge is 2.31. The first-order valence-electron chi connectivity index (χ1n) is 9.46. The first-order valence-corrected chi connectivity index (χ1v) is 9.46. The molecule has 2 aromatic carbocycles. The molecular weight excluding hydrogens is 343 g/mol. The first-order chi connectivity index (χ1) is 13.1. The molecule has 2 aromatic rings. The Kier molecular flexibility index (Phi) is 6.22. The summed E-state index contributed by atoms with van der Waals surface area (Å²) in [7, 11) is 0. The molecular formula is C22H25FN2O2. The Morgan fingerprint density at radius 2 is 1.81 bits per heavy atom. The number of rotatable bonds is 5. The molecule has 5 heteroatoms. The van der Waals surface area contributed by atoms with Gasteiger partial charge in [-0.15, -0.1) is 0 Å². The van der Waals surface area contributed by atoms with Gasteiger partial charge in [0.25, 0.3) is 5.91 Å². The second-order valence-electron chi connectivity index (χ2n) is 6.94. The van der Waals surface area contributed by atoms with Crippen LogP contribution in [0.2, 0.25) is 0 Å². The molecule has 1 aliphatic rings. The normalized spacial score (nSPS) is 16.8. The molecule has 0 saturated carbocycles. The Hall–Kier alpha value is -2.69. The molecule has 1 unspecified atom stereocenters. The third-order valence-corrected chi connectivity index (χ3v) is 5.06. The molecule has 27 heavy (non-hydrogen) atoms. The molecule has 1 atom stereocenters. The summed E-state index contributed by atoms with van der Waals surface area (Å²) in [6, 6.07) is 15.5. The van der Waals surface area contributed by atoms with E-state index < -0.39 is 0 Å². The maximum absolute atomic E-state index is 13.1. The van der Waals surface area contributed by atoms with Crippen LogP contribution in [0.1, 0.15) is 35.7 Å². The van der Waals surface area contributed by atoms with E-state index in [0.717, 1.165) is 18.4 Å². The summed E-state index contributed by atoms with van der Waals surface area (Å²) >= 11 is 0. The van der Waals surface area contributed by atoms with Gasteiger partial charge in [-0.1, -0.05) is 30.3 Å². The van der Waals surface area contributed by atoms with Crippen LogP contribution >= 0.6 is 0 Å². The van der Waals surface area contributed by atoms with Crippen molar-refractivity contribution in [2.75, 3.05) is 19.6 Å². The van der Waals surface area contributed by atoms with Crippen molar-refractivity contribution in [1.82, 2.24) is 9.80 Å². The van der Waals surface area contributed by atoms with Gasteiger partial charge in [0, 0.05) is 31.7 Å². The molecule has 0 N–H and O–H groups in total. The van der Waals surface area contributed by atoms with Gasteiger partial charge in [-0.3, -0.25) is 9.59 Å². The Labute approximate surface area is 159 Å². The van der Waals surface area contributed by atoms with E-state index in [1.165, 1.54) is 24.3 Å². The number of piperidine rings is 1. The molecule has 0 aromatic heterocycles. The van der Waals surface area contributed by atoms with Crippen LogP contribution in [0.15, 0.2) is 54.6 Å². The van der Waals surface area contributed by atoms with Crippen molar-refractivity contribution in [3.63, 3.8) is 0 Å². The van der Waals surface area contributed by atoms with Crippen LogP contribution < -0.4 is 0 Å². The average molecular weight is 368 g/mol. The average Bonchev–Trinajstić information content (AvgIpc) is 2.72. The van der Waals surface area contributed by atoms with E-state index in [-0.39, 0.29) is 23.5 Å². The van der Waals surface area contributed by atoms with Crippen molar-refractivity contribution < 1.29 is 14.0 Å². The van der Waals surface area contributed by atoms with Gasteiger partial charge in [-0.2, -0.15) is 0 Å². The molecule has 0 bridgehead atoms. The summed E-state index contributed by atoms with van der Waals surface area (Å²) in [6.07, 6.45) is 1.59. The molecule has 1 saturated heterocycles. The standard InChI is InChI=1S/C22H25FN2O2/c1-2-24(15-17-7-4-3-5-8-17)22(27)19-9-6-14-25(16-19)21(26)18-10-12-20(23)13-11-18/h3-5,7-8,10-13,19H,2,6,9,14-16H2,1H3. The van der Waals surface area contributed by atoms with E-state index >= 15 is 0 Å². The van der Waals surface area contributed by atoms with E-state index in [9.17, 15) is 14.0 Å². The molecule has 142 valence electrons. The minimum absolute atomic E-state index is 0.0953. The van der Waals surface area contributed by atoms with Crippen molar-refractivity contribution >= 4 is 11.8 Å². The zero-order valence-corrected chi connectivity index (χ0v) is 15.6. The Morgan fingerprint density at radius 3 is 2.48 bits per heavy atom. The summed E-state index contributed by atoms with van der Waals surface area (Å²) in [5, 5.41) is 0. The number of hydrogen-bond donors (Lipinski definition) is 0. The lowest BCUT2D eigenvalue weighted by Crippen LogP contribution is -2.46. The third-order valence-electron chi connectivity index (χ3n) is 5.06. The fourth-order valence-electron chi connectivity index (χ4n) is 3.55. The van der Waals surface area contributed by atoms with Crippen molar-refractivity contribution in [1.29, 1.82) is 0 Å². The number of amides is 2. The summed E-state index contributed by atoms with van der Waals surface area (Å²) in [5.74, 6) is -0.596. The summed E-state index contributed by atoms with van der Waals surface area (Å²) in [6.45, 7) is 4.24. The minimum Gasteiger partial charge on any atom is -0.338 e. The lowest BCUT2D eigenvalue weighted by Gasteiger charge is -2.35. The minimum atomic E-state index is -0.363. The number of likely N-dealkylation sites (tertiary alicyclic amines) is 1. The second-order valence-corrected chi connectivity index (χ2v) is 6.94. The fourth-order valence-corrected chi connectivity index (χ4v) is 3.55. The summed E-state index contributed by atoms with van der Waals surface area (Å²) in [5.41, 5.74) is 1.56. The second kappa shape index (κ2) is 8.80. The van der Waals surface area contributed by atoms with Crippen LogP contribution in [0.25, 0.3) is 0 Å². The van der Waals surface area contributed by atoms with E-state index in [0.29, 0.717) is 31.7 Å². The van der Waals surface area contributed by atoms with Crippen LogP contribution in [-0.2, 0) is 11.3 Å². The van der Waals surface area contributed by atoms with Gasteiger partial charge in [-0.25, -0.2) is 4.39 Å². The van der Waals surface area contributed by atoms with Gasteiger partial charge in [0.1, 0.15) is 5.82 Å². The predicted molar refractivity (Wildman–Crippen MR) is 103 cm³/mol. The summed E-state index contributed by atoms with van der Waals surface area (Å²) < 4.78 is 13.1. The number of nitrogens with zero attached hydrogens (tertiary/aromatic N) is 2. The van der Waals surface area contributed by atoms with Gasteiger partial charge in [0.2, 0.25) is 5.91 Å². The van der Waals surface area contributed by atoms with E-state index in [1.807, 2.05) is 42.2 Å². The molecule has 3 rings (SSSR count). The van der Waals surface area contributed by atoms with Crippen molar-refractivity contribution in [2.24, 2.45) is 5.92 Å². The quantitative estimate of drug-likeness (QED) is 0.807. The number of halogens is 1. The van der Waals surface area contributed by atoms with Gasteiger partial charge in [-0.05, 0) is 49.6 Å². The fraction of sp³-hybridized carbons (Fsp3) is 0.364. The number of hydrogen-bond acceptors (Lipinski definition) is 2. The van der Waals surface area contributed by atoms with E-state index in [2.05, 4.69) is 0 Å². The number of carbonyl (C=O) groups excluding carboxylic acids is 2. The Balaban J connectivity index is 1.66. The van der Waals surface area contributed by atoms with Crippen LogP contribution in [0.4, 0.5) is 4.39 Å². The van der Waals surface area contributed by atoms with Crippen molar-refractivity contribution in [3.05, 3.63) is 71.5 Å². The largest absolute Gasteiger partial charge is 0.338 e. The highest BCUT2D eigenvalue weighted by Crippen LogP contribution is 2.22. The lowest BCUT2D eigenvalue weighted by atomic mass is 9.95. The van der Waals surface area contributed by atoms with Gasteiger partial charge in [0.05, 0.1) is 5.92 Å². The molecule has 1 aliphatic heterocycles. The SMILES string of the molecule is CCN(Cc1ccccc1)C(=O)C1CCCN(C(=O)c2ccc(F)cc2)C1. The maximum atomic E-state index is 13.1. The Morgan fingerprint density at radius 1 is 1.11 bits per heavy atom. The molecule has 2 amide bonds. The van der Waals surface area contributed by atoms with Crippen LogP contribution in [0, 0.1) is 11.7 Å². The smallest absolute Gasteiger partial charge is 0.253 e. The van der Waals surface area contributed by atoms with E-state index in [1.54, 1.807) is 4.90 Å². The topological polar surface area (TPSA) is 40.6 Å². The number of benzene rings is 2. The molecule has 0 spiro atoms. The molecule has 1 heterocycles. The lowest BCUT2D eigenvalue weighted by molar-refractivity contribution is -0.137. The highest BCUT2D eigenvalue weighted by molar-refractivity contribution is 5.94. The van der Waals surface area contributed by atoms with Crippen LogP contribution in [0.3, 0.4) is 0 Å². The predicted octanol–water partition coefficient (Wildman–Crippen LogP) is 3.73. The van der Waals surface area contributed by atoms with Crippen molar-refractivity contribution in [3.8, 4) is 0 Å². The van der Waals surface area contributed by atoms with Gasteiger partial charge < -0.3 is 9.80 Å². The molecule has 1 fully saturated rings. The first kappa shape index (κ1) is 19.1. The third kappa shape index (κ3) is 4.73. The Bertz CT molecular complexity index is 777. The zero-order chi connectivity index (χ0) is 19.2. The zero-order valence-electron chi connectivity index (χ0n) is 15.6. The summed E-state index contributed by atoms with van der Waals surface area (Å²) in [4.78, 5) is 29.3. The van der Waals surface area contributed by atoms with Crippen molar-refractivity contribution in [2.45, 2.75) is 26.3 Å². The van der Waals surface area contributed by atoms with Crippen LogP contribution in [0.5, 0.6) is 0 Å². The number of carbonyl (C=O) groups is 2. The monoisotopic (exact) mass is 368 g/mol. The van der Waals surface area contributed by atoms with Crippen LogP contribution in [-0.4, -0.2) is 41.2 Å². The highest BCUT2D eigenvalue weighted by atomic mass is 19.1.